The molecule has 0 saturated carbocycles. The van der Waals surface area contributed by atoms with Gasteiger partial charge >= 0.3 is 0 Å². The second-order valence-electron chi connectivity index (χ2n) is 5.61. The summed E-state index contributed by atoms with van der Waals surface area (Å²) >= 11 is 0. The van der Waals surface area contributed by atoms with Gasteiger partial charge in [0.2, 0.25) is 5.91 Å². The first-order valence-electron chi connectivity index (χ1n) is 7.21. The minimum absolute atomic E-state index is 0.0648. The van der Waals surface area contributed by atoms with E-state index < -0.39 is 6.04 Å². The third-order valence-corrected chi connectivity index (χ3v) is 4.67. The molecule has 1 aliphatic heterocycles. The van der Waals surface area contributed by atoms with Gasteiger partial charge in [-0.2, -0.15) is 0 Å². The average molecular weight is 260 g/mol. The lowest BCUT2D eigenvalue weighted by molar-refractivity contribution is -0.132. The number of nitrogens with zero attached hydrogens (tertiary/aromatic N) is 1. The maximum Gasteiger partial charge on any atom is 0.244 e. The van der Waals surface area contributed by atoms with Crippen LogP contribution in [0.5, 0.6) is 0 Å². The molecule has 1 atom stereocenters. The van der Waals surface area contributed by atoms with E-state index in [0.717, 1.165) is 37.9 Å². The van der Waals surface area contributed by atoms with Gasteiger partial charge in [0.05, 0.1) is 0 Å². The highest BCUT2D eigenvalue weighted by Crippen LogP contribution is 2.37. The van der Waals surface area contributed by atoms with Crippen molar-refractivity contribution in [3.8, 4) is 0 Å². The Hall–Kier alpha value is -1.35. The zero-order chi connectivity index (χ0) is 13.9. The molecule has 0 spiro atoms. The molecule has 1 fully saturated rings. The minimum atomic E-state index is -0.522. The highest BCUT2D eigenvalue weighted by Gasteiger charge is 2.38. The maximum absolute atomic E-state index is 12.5. The van der Waals surface area contributed by atoms with E-state index in [-0.39, 0.29) is 5.91 Å². The lowest BCUT2D eigenvalue weighted by atomic mass is 9.82. The Labute approximate surface area is 115 Å². The molecule has 1 aromatic rings. The molecular formula is C16H24N2O. The van der Waals surface area contributed by atoms with Crippen molar-refractivity contribution in [1.29, 1.82) is 0 Å². The average Bonchev–Trinajstić information content (AvgIpc) is 2.92. The summed E-state index contributed by atoms with van der Waals surface area (Å²) in [5.74, 6) is 0.0648. The van der Waals surface area contributed by atoms with E-state index in [1.54, 1.807) is 0 Å². The first-order chi connectivity index (χ1) is 9.12. The zero-order valence-electron chi connectivity index (χ0n) is 11.9. The van der Waals surface area contributed by atoms with Crippen molar-refractivity contribution < 1.29 is 4.79 Å². The van der Waals surface area contributed by atoms with Crippen molar-refractivity contribution in [3.63, 3.8) is 0 Å². The van der Waals surface area contributed by atoms with E-state index >= 15 is 0 Å². The van der Waals surface area contributed by atoms with Crippen LogP contribution in [0.3, 0.4) is 0 Å². The number of rotatable bonds is 4. The van der Waals surface area contributed by atoms with Crippen LogP contribution in [-0.4, -0.2) is 23.9 Å². The molecule has 0 aliphatic carbocycles. The van der Waals surface area contributed by atoms with E-state index in [4.69, 9.17) is 5.73 Å². The molecule has 1 amide bonds. The summed E-state index contributed by atoms with van der Waals surface area (Å²) in [6, 6.07) is 9.11. The number of carbonyl (C=O) groups excluding carboxylic acids is 1. The second-order valence-corrected chi connectivity index (χ2v) is 5.61. The Morgan fingerprint density at radius 3 is 2.47 bits per heavy atom. The fraction of sp³-hybridized carbons (Fsp3) is 0.562. The lowest BCUT2D eigenvalue weighted by Gasteiger charge is -2.27. The molecule has 3 nitrogen and oxygen atoms in total. The number of nitrogens with two attached hydrogens (primary N) is 1. The van der Waals surface area contributed by atoms with Crippen molar-refractivity contribution >= 4 is 5.91 Å². The van der Waals surface area contributed by atoms with Gasteiger partial charge in [0.15, 0.2) is 0 Å². The van der Waals surface area contributed by atoms with Crippen LogP contribution in [0.2, 0.25) is 0 Å². The van der Waals surface area contributed by atoms with E-state index in [1.165, 1.54) is 0 Å². The van der Waals surface area contributed by atoms with E-state index in [1.807, 2.05) is 35.2 Å². The van der Waals surface area contributed by atoms with Gasteiger partial charge < -0.3 is 10.6 Å². The van der Waals surface area contributed by atoms with E-state index in [9.17, 15) is 4.79 Å². The summed E-state index contributed by atoms with van der Waals surface area (Å²) in [7, 11) is 0. The Balaban J connectivity index is 2.06. The monoisotopic (exact) mass is 260 g/mol. The minimum Gasteiger partial charge on any atom is -0.340 e. The van der Waals surface area contributed by atoms with Gasteiger partial charge in [0.1, 0.15) is 6.04 Å². The highest BCUT2D eigenvalue weighted by atomic mass is 16.2. The summed E-state index contributed by atoms with van der Waals surface area (Å²) in [4.78, 5) is 14.4. The molecule has 104 valence electrons. The fourth-order valence-corrected chi connectivity index (χ4v) is 2.95. The molecular weight excluding hydrogens is 236 g/mol. The summed E-state index contributed by atoms with van der Waals surface area (Å²) in [5, 5.41) is 0. The highest BCUT2D eigenvalue weighted by molar-refractivity contribution is 5.83. The van der Waals surface area contributed by atoms with Gasteiger partial charge in [-0.3, -0.25) is 4.79 Å². The lowest BCUT2D eigenvalue weighted by Crippen LogP contribution is -2.38. The normalized spacial score (nSPS) is 19.4. The molecule has 3 heteroatoms. The number of hydrogen-bond acceptors (Lipinski definition) is 2. The molecule has 2 rings (SSSR count). The SMILES string of the molecule is CCC1(CC)CCN(C(=O)C(N)c2ccccc2)C1. The predicted octanol–water partition coefficient (Wildman–Crippen LogP) is 2.73. The van der Waals surface area contributed by atoms with Crippen molar-refractivity contribution in [3.05, 3.63) is 35.9 Å². The van der Waals surface area contributed by atoms with E-state index in [0.29, 0.717) is 5.41 Å². The van der Waals surface area contributed by atoms with Gasteiger partial charge in [-0.1, -0.05) is 44.2 Å². The molecule has 19 heavy (non-hydrogen) atoms. The molecule has 1 saturated heterocycles. The van der Waals surface area contributed by atoms with Gasteiger partial charge in [0, 0.05) is 13.1 Å². The quantitative estimate of drug-likeness (QED) is 0.904. The number of likely N-dealkylation sites (tertiary alicyclic amines) is 1. The van der Waals surface area contributed by atoms with Crippen LogP contribution in [0, 0.1) is 5.41 Å². The van der Waals surface area contributed by atoms with Crippen molar-refractivity contribution in [2.75, 3.05) is 13.1 Å². The van der Waals surface area contributed by atoms with Crippen molar-refractivity contribution in [2.24, 2.45) is 11.1 Å². The van der Waals surface area contributed by atoms with Crippen LogP contribution >= 0.6 is 0 Å². The maximum atomic E-state index is 12.5. The Kier molecular flexibility index (Phi) is 4.25. The van der Waals surface area contributed by atoms with Crippen LogP contribution in [0.4, 0.5) is 0 Å². The Morgan fingerprint density at radius 1 is 1.32 bits per heavy atom. The topological polar surface area (TPSA) is 46.3 Å². The summed E-state index contributed by atoms with van der Waals surface area (Å²) in [6.45, 7) is 6.14. The smallest absolute Gasteiger partial charge is 0.244 e. The third kappa shape index (κ3) is 2.81. The number of hydrogen-bond donors (Lipinski definition) is 1. The first kappa shape index (κ1) is 14.1. The second kappa shape index (κ2) is 5.74. The van der Waals surface area contributed by atoms with Gasteiger partial charge in [-0.15, -0.1) is 0 Å². The van der Waals surface area contributed by atoms with Crippen LogP contribution in [-0.2, 0) is 4.79 Å². The van der Waals surface area contributed by atoms with Crippen LogP contribution in [0.1, 0.15) is 44.7 Å². The Bertz CT molecular complexity index is 426. The molecule has 1 aromatic carbocycles. The van der Waals surface area contributed by atoms with Gasteiger partial charge in [-0.25, -0.2) is 0 Å². The predicted molar refractivity (Wildman–Crippen MR) is 77.6 cm³/mol. The van der Waals surface area contributed by atoms with Crippen LogP contribution in [0.25, 0.3) is 0 Å². The molecule has 0 aromatic heterocycles. The van der Waals surface area contributed by atoms with Crippen molar-refractivity contribution in [2.45, 2.75) is 39.2 Å². The van der Waals surface area contributed by atoms with Gasteiger partial charge in [-0.05, 0) is 30.2 Å². The standard InChI is InChI=1S/C16H24N2O/c1-3-16(4-2)10-11-18(12-16)15(19)14(17)13-8-6-5-7-9-13/h5-9,14H,3-4,10-12,17H2,1-2H3. The van der Waals surface area contributed by atoms with Crippen LogP contribution < -0.4 is 5.73 Å². The molecule has 1 aliphatic rings. The molecule has 0 bridgehead atoms. The summed E-state index contributed by atoms with van der Waals surface area (Å²) in [6.07, 6.45) is 3.37. The van der Waals surface area contributed by atoms with Crippen LogP contribution in [0.15, 0.2) is 30.3 Å². The van der Waals surface area contributed by atoms with E-state index in [2.05, 4.69) is 13.8 Å². The largest absolute Gasteiger partial charge is 0.340 e. The number of amides is 1. The number of carbonyl (C=O) groups is 1. The summed E-state index contributed by atoms with van der Waals surface area (Å²) < 4.78 is 0. The Morgan fingerprint density at radius 2 is 1.95 bits per heavy atom. The van der Waals surface area contributed by atoms with Crippen molar-refractivity contribution in [1.82, 2.24) is 4.90 Å². The number of benzene rings is 1. The molecule has 1 heterocycles. The first-order valence-corrected chi connectivity index (χ1v) is 7.21. The fourth-order valence-electron chi connectivity index (χ4n) is 2.95. The molecule has 0 radical (unpaired) electrons. The zero-order valence-corrected chi connectivity index (χ0v) is 11.9. The molecule has 1 unspecified atom stereocenters. The van der Waals surface area contributed by atoms with Gasteiger partial charge in [0.25, 0.3) is 0 Å². The molecule has 2 N–H and O–H groups in total. The summed E-state index contributed by atoms with van der Waals surface area (Å²) in [5.41, 5.74) is 7.31. The third-order valence-electron chi connectivity index (χ3n) is 4.67.